The molecule has 3 aliphatic carbocycles. The fourth-order valence-electron chi connectivity index (χ4n) is 5.37. The van der Waals surface area contributed by atoms with Gasteiger partial charge in [0.25, 0.3) is 0 Å². The van der Waals surface area contributed by atoms with Crippen molar-refractivity contribution in [1.29, 1.82) is 0 Å². The molecule has 146 valence electrons. The van der Waals surface area contributed by atoms with Crippen molar-refractivity contribution in [3.63, 3.8) is 0 Å². The first-order chi connectivity index (χ1) is 13.7. The Hall–Kier alpha value is -2.00. The molecule has 0 aliphatic heterocycles. The van der Waals surface area contributed by atoms with Crippen LogP contribution >= 0.6 is 0 Å². The lowest BCUT2D eigenvalue weighted by Gasteiger charge is -2.51. The van der Waals surface area contributed by atoms with Gasteiger partial charge in [-0.1, -0.05) is 74.9 Å². The van der Waals surface area contributed by atoms with Crippen molar-refractivity contribution in [2.45, 2.75) is 83.5 Å². The molecule has 2 aromatic rings. The standard InChI is InChI=1S/C28H34/c1-3-5-23-7-9-25(10-8-23)15-16-27-17-20-28(21-18-27,22-19-27)26-13-11-24(6-4-2)12-14-26/h7-14H,3-6,17-22H2,1-2H3. The highest BCUT2D eigenvalue weighted by atomic mass is 14.5. The molecular weight excluding hydrogens is 336 g/mol. The van der Waals surface area contributed by atoms with Gasteiger partial charge in [0.05, 0.1) is 0 Å². The Morgan fingerprint density at radius 2 is 1.18 bits per heavy atom. The molecule has 0 N–H and O–H groups in total. The summed E-state index contributed by atoms with van der Waals surface area (Å²) in [6, 6.07) is 18.5. The predicted molar refractivity (Wildman–Crippen MR) is 120 cm³/mol. The second-order valence-corrected chi connectivity index (χ2v) is 9.20. The minimum atomic E-state index is 0.270. The minimum absolute atomic E-state index is 0.270. The molecule has 28 heavy (non-hydrogen) atoms. The van der Waals surface area contributed by atoms with Crippen LogP contribution in [0.25, 0.3) is 0 Å². The molecule has 3 aliphatic rings. The van der Waals surface area contributed by atoms with Crippen LogP contribution in [0.1, 0.15) is 87.5 Å². The smallest absolute Gasteiger partial charge is 0.0319 e. The van der Waals surface area contributed by atoms with Gasteiger partial charge in [0.15, 0.2) is 0 Å². The fourth-order valence-corrected chi connectivity index (χ4v) is 5.37. The van der Waals surface area contributed by atoms with Crippen LogP contribution in [0.4, 0.5) is 0 Å². The van der Waals surface area contributed by atoms with Gasteiger partial charge in [-0.05, 0) is 85.6 Å². The van der Waals surface area contributed by atoms with Gasteiger partial charge in [0, 0.05) is 11.0 Å². The molecule has 0 atom stereocenters. The second-order valence-electron chi connectivity index (χ2n) is 9.20. The highest BCUT2D eigenvalue weighted by Gasteiger charge is 2.48. The largest absolute Gasteiger partial charge is 0.0911 e. The topological polar surface area (TPSA) is 0 Å². The van der Waals surface area contributed by atoms with E-state index in [9.17, 15) is 0 Å². The van der Waals surface area contributed by atoms with Crippen LogP contribution in [0.15, 0.2) is 48.5 Å². The maximum absolute atomic E-state index is 3.73. The maximum Gasteiger partial charge on any atom is 0.0319 e. The molecule has 0 heteroatoms. The summed E-state index contributed by atoms with van der Waals surface area (Å²) in [7, 11) is 0. The average Bonchev–Trinajstić information content (AvgIpc) is 2.76. The third-order valence-electron chi connectivity index (χ3n) is 7.32. The molecule has 0 radical (unpaired) electrons. The summed E-state index contributed by atoms with van der Waals surface area (Å²) in [4.78, 5) is 0. The van der Waals surface area contributed by atoms with Gasteiger partial charge in [-0.15, -0.1) is 0 Å². The molecule has 2 bridgehead atoms. The van der Waals surface area contributed by atoms with E-state index in [0.717, 1.165) is 0 Å². The number of fused-ring (bicyclic) bond motifs is 3. The average molecular weight is 371 g/mol. The molecule has 0 amide bonds. The van der Waals surface area contributed by atoms with E-state index in [2.05, 4.69) is 74.2 Å². The zero-order valence-corrected chi connectivity index (χ0v) is 17.7. The van der Waals surface area contributed by atoms with Crippen molar-refractivity contribution >= 4 is 0 Å². The van der Waals surface area contributed by atoms with E-state index in [1.54, 1.807) is 5.56 Å². The molecule has 0 unspecified atom stereocenters. The van der Waals surface area contributed by atoms with Crippen LogP contribution < -0.4 is 0 Å². The number of rotatable bonds is 5. The molecule has 0 spiro atoms. The third-order valence-corrected chi connectivity index (χ3v) is 7.32. The monoisotopic (exact) mass is 370 g/mol. The zero-order valence-electron chi connectivity index (χ0n) is 17.7. The van der Waals surface area contributed by atoms with Crippen LogP contribution in [0, 0.1) is 17.3 Å². The number of benzene rings is 2. The fraction of sp³-hybridized carbons (Fsp3) is 0.500. The van der Waals surface area contributed by atoms with E-state index in [1.807, 2.05) is 0 Å². The van der Waals surface area contributed by atoms with Crippen molar-refractivity contribution in [2.75, 3.05) is 0 Å². The van der Waals surface area contributed by atoms with Crippen molar-refractivity contribution in [3.05, 3.63) is 70.8 Å². The quantitative estimate of drug-likeness (QED) is 0.487. The maximum atomic E-state index is 3.73. The number of aryl methyl sites for hydroxylation is 2. The summed E-state index contributed by atoms with van der Waals surface area (Å²) in [5.74, 6) is 7.26. The summed E-state index contributed by atoms with van der Waals surface area (Å²) >= 11 is 0. The van der Waals surface area contributed by atoms with E-state index in [0.29, 0.717) is 5.41 Å². The summed E-state index contributed by atoms with van der Waals surface area (Å²) in [5.41, 5.74) is 6.38. The van der Waals surface area contributed by atoms with Crippen molar-refractivity contribution in [3.8, 4) is 11.8 Å². The zero-order chi connectivity index (χ0) is 19.5. The molecule has 2 aromatic carbocycles. The Kier molecular flexibility index (Phi) is 5.63. The van der Waals surface area contributed by atoms with Gasteiger partial charge < -0.3 is 0 Å². The highest BCUT2D eigenvalue weighted by Crippen LogP contribution is 2.57. The number of hydrogen-bond acceptors (Lipinski definition) is 0. The normalized spacial score (nSPS) is 25.9. The van der Waals surface area contributed by atoms with Crippen molar-refractivity contribution in [1.82, 2.24) is 0 Å². The second kappa shape index (κ2) is 8.16. The van der Waals surface area contributed by atoms with Crippen molar-refractivity contribution < 1.29 is 0 Å². The molecule has 0 saturated heterocycles. The molecule has 0 heterocycles. The first-order valence-electron chi connectivity index (χ1n) is 11.4. The molecular formula is C28H34. The van der Waals surface area contributed by atoms with Gasteiger partial charge in [-0.3, -0.25) is 0 Å². The van der Waals surface area contributed by atoms with Crippen LogP contribution in [0.2, 0.25) is 0 Å². The van der Waals surface area contributed by atoms with Gasteiger partial charge >= 0.3 is 0 Å². The van der Waals surface area contributed by atoms with Gasteiger partial charge in [-0.25, -0.2) is 0 Å². The summed E-state index contributed by atoms with van der Waals surface area (Å²) in [6.07, 6.45) is 12.5. The first-order valence-corrected chi connectivity index (χ1v) is 11.4. The lowest BCUT2D eigenvalue weighted by atomic mass is 9.52. The molecule has 0 nitrogen and oxygen atoms in total. The van der Waals surface area contributed by atoms with E-state index < -0.39 is 0 Å². The summed E-state index contributed by atoms with van der Waals surface area (Å²) in [6.45, 7) is 4.49. The Bertz CT molecular complexity index is 817. The van der Waals surface area contributed by atoms with Gasteiger partial charge in [0.1, 0.15) is 0 Å². The highest BCUT2D eigenvalue weighted by molar-refractivity contribution is 5.39. The van der Waals surface area contributed by atoms with Crippen LogP contribution in [-0.2, 0) is 18.3 Å². The third kappa shape index (κ3) is 3.91. The van der Waals surface area contributed by atoms with E-state index in [1.165, 1.54) is 80.9 Å². The van der Waals surface area contributed by atoms with E-state index in [-0.39, 0.29) is 5.41 Å². The van der Waals surface area contributed by atoms with Crippen LogP contribution in [-0.4, -0.2) is 0 Å². The van der Waals surface area contributed by atoms with E-state index >= 15 is 0 Å². The van der Waals surface area contributed by atoms with Gasteiger partial charge in [-0.2, -0.15) is 0 Å². The van der Waals surface area contributed by atoms with Crippen LogP contribution in [0.5, 0.6) is 0 Å². The first kappa shape index (κ1) is 19.3. The number of hydrogen-bond donors (Lipinski definition) is 0. The lowest BCUT2D eigenvalue weighted by molar-refractivity contribution is 0.0865. The summed E-state index contributed by atoms with van der Waals surface area (Å²) < 4.78 is 0. The van der Waals surface area contributed by atoms with Gasteiger partial charge in [0.2, 0.25) is 0 Å². The van der Waals surface area contributed by atoms with E-state index in [4.69, 9.17) is 0 Å². The molecule has 5 rings (SSSR count). The Morgan fingerprint density at radius 3 is 1.68 bits per heavy atom. The predicted octanol–water partition coefficient (Wildman–Crippen LogP) is 7.24. The van der Waals surface area contributed by atoms with Crippen LogP contribution in [0.3, 0.4) is 0 Å². The van der Waals surface area contributed by atoms with Crippen molar-refractivity contribution in [2.24, 2.45) is 5.41 Å². The Morgan fingerprint density at radius 1 is 0.679 bits per heavy atom. The molecule has 3 fully saturated rings. The SMILES string of the molecule is CCCc1ccc(C#CC23CCC(c4ccc(CCC)cc4)(CC2)CC3)cc1. The minimum Gasteiger partial charge on any atom is -0.0911 e. The Balaban J connectivity index is 1.44. The summed E-state index contributed by atoms with van der Waals surface area (Å²) in [5, 5.41) is 0. The molecule has 0 aromatic heterocycles. The Labute approximate surface area is 171 Å². The lowest BCUT2D eigenvalue weighted by Crippen LogP contribution is -2.43. The molecule has 3 saturated carbocycles.